The van der Waals surface area contributed by atoms with E-state index in [0.717, 1.165) is 31.0 Å². The molecule has 0 radical (unpaired) electrons. The molecule has 1 saturated carbocycles. The summed E-state index contributed by atoms with van der Waals surface area (Å²) in [6.45, 7) is 0.442. The molecule has 1 fully saturated rings. The smallest absolute Gasteiger partial charge is 0.273 e. The number of hydrogen-bond acceptors (Lipinski definition) is 4. The van der Waals surface area contributed by atoms with Gasteiger partial charge in [-0.1, -0.05) is 0 Å². The Bertz CT molecular complexity index is 543. The van der Waals surface area contributed by atoms with E-state index in [0.29, 0.717) is 13.0 Å². The Morgan fingerprint density at radius 3 is 2.70 bits per heavy atom. The van der Waals surface area contributed by atoms with Gasteiger partial charge in [0.1, 0.15) is 5.82 Å². The van der Waals surface area contributed by atoms with Gasteiger partial charge in [-0.05, 0) is 30.7 Å². The SMILES string of the molecule is O=C(NCC1(CCO)CC1)c1cc(F)cc([N+](=O)[O-])c1. The van der Waals surface area contributed by atoms with Gasteiger partial charge in [-0.3, -0.25) is 14.9 Å². The Morgan fingerprint density at radius 2 is 2.15 bits per heavy atom. The molecule has 0 aliphatic heterocycles. The third-order valence-corrected chi connectivity index (χ3v) is 3.58. The van der Waals surface area contributed by atoms with Crippen molar-refractivity contribution in [3.63, 3.8) is 0 Å². The van der Waals surface area contributed by atoms with Crippen molar-refractivity contribution >= 4 is 11.6 Å². The van der Waals surface area contributed by atoms with Crippen LogP contribution in [0.5, 0.6) is 0 Å². The lowest BCUT2D eigenvalue weighted by molar-refractivity contribution is -0.385. The monoisotopic (exact) mass is 282 g/mol. The van der Waals surface area contributed by atoms with E-state index in [2.05, 4.69) is 5.32 Å². The van der Waals surface area contributed by atoms with Crippen molar-refractivity contribution in [1.29, 1.82) is 0 Å². The number of halogens is 1. The lowest BCUT2D eigenvalue weighted by Crippen LogP contribution is -2.30. The number of nitro benzene ring substituents is 1. The zero-order valence-electron chi connectivity index (χ0n) is 10.8. The van der Waals surface area contributed by atoms with Gasteiger partial charge in [0.2, 0.25) is 0 Å². The zero-order valence-corrected chi connectivity index (χ0v) is 10.8. The largest absolute Gasteiger partial charge is 0.396 e. The van der Waals surface area contributed by atoms with Gasteiger partial charge in [0, 0.05) is 24.8 Å². The summed E-state index contributed by atoms with van der Waals surface area (Å²) in [6.07, 6.45) is 2.46. The van der Waals surface area contributed by atoms with E-state index in [1.165, 1.54) is 0 Å². The maximum atomic E-state index is 13.2. The molecule has 20 heavy (non-hydrogen) atoms. The Balaban J connectivity index is 2.04. The van der Waals surface area contributed by atoms with Gasteiger partial charge in [0.25, 0.3) is 11.6 Å². The number of carbonyl (C=O) groups is 1. The van der Waals surface area contributed by atoms with Crippen LogP contribution in [0.15, 0.2) is 18.2 Å². The van der Waals surface area contributed by atoms with E-state index in [1.807, 2.05) is 0 Å². The number of carbonyl (C=O) groups excluding carboxylic acids is 1. The van der Waals surface area contributed by atoms with Crippen molar-refractivity contribution in [2.75, 3.05) is 13.2 Å². The number of aliphatic hydroxyl groups excluding tert-OH is 1. The summed E-state index contributed by atoms with van der Waals surface area (Å²) in [6, 6.07) is 2.78. The van der Waals surface area contributed by atoms with Crippen LogP contribution in [0.3, 0.4) is 0 Å². The lowest BCUT2D eigenvalue weighted by Gasteiger charge is -2.14. The summed E-state index contributed by atoms with van der Waals surface area (Å²) in [5.74, 6) is -1.36. The highest BCUT2D eigenvalue weighted by molar-refractivity contribution is 5.94. The van der Waals surface area contributed by atoms with Crippen molar-refractivity contribution in [1.82, 2.24) is 5.32 Å². The van der Waals surface area contributed by atoms with Crippen LogP contribution in [-0.4, -0.2) is 29.1 Å². The van der Waals surface area contributed by atoms with Gasteiger partial charge in [0.15, 0.2) is 0 Å². The molecule has 0 atom stereocenters. The molecule has 7 heteroatoms. The number of non-ortho nitro benzene ring substituents is 1. The van der Waals surface area contributed by atoms with Crippen molar-refractivity contribution in [3.05, 3.63) is 39.7 Å². The van der Waals surface area contributed by atoms with Crippen LogP contribution in [-0.2, 0) is 0 Å². The molecule has 0 aromatic heterocycles. The van der Waals surface area contributed by atoms with E-state index in [9.17, 15) is 19.3 Å². The molecule has 2 N–H and O–H groups in total. The van der Waals surface area contributed by atoms with Gasteiger partial charge in [0.05, 0.1) is 11.0 Å². The van der Waals surface area contributed by atoms with Gasteiger partial charge in [-0.2, -0.15) is 0 Å². The predicted octanol–water partition coefficient (Wildman–Crippen LogP) is 1.63. The molecule has 1 aliphatic rings. The number of aliphatic hydroxyl groups is 1. The second-order valence-electron chi connectivity index (χ2n) is 5.11. The van der Waals surface area contributed by atoms with E-state index in [-0.39, 0.29) is 17.6 Å². The van der Waals surface area contributed by atoms with Crippen molar-refractivity contribution in [2.24, 2.45) is 5.41 Å². The first-order valence-corrected chi connectivity index (χ1v) is 6.30. The van der Waals surface area contributed by atoms with E-state index in [1.54, 1.807) is 0 Å². The van der Waals surface area contributed by atoms with Crippen LogP contribution in [0.1, 0.15) is 29.6 Å². The lowest BCUT2D eigenvalue weighted by atomic mass is 10.0. The maximum Gasteiger partial charge on any atom is 0.273 e. The molecular formula is C13H15FN2O4. The van der Waals surface area contributed by atoms with Crippen LogP contribution in [0, 0.1) is 21.3 Å². The molecule has 0 saturated heterocycles. The third-order valence-electron chi connectivity index (χ3n) is 3.58. The molecule has 108 valence electrons. The highest BCUT2D eigenvalue weighted by atomic mass is 19.1. The normalized spacial score (nSPS) is 15.7. The first-order valence-electron chi connectivity index (χ1n) is 6.30. The maximum absolute atomic E-state index is 13.2. The molecule has 1 aliphatic carbocycles. The second-order valence-corrected chi connectivity index (χ2v) is 5.11. The summed E-state index contributed by atoms with van der Waals surface area (Å²) in [7, 11) is 0. The number of rotatable bonds is 6. The Morgan fingerprint density at radius 1 is 1.45 bits per heavy atom. The van der Waals surface area contributed by atoms with Crippen LogP contribution in [0.25, 0.3) is 0 Å². The topological polar surface area (TPSA) is 92.5 Å². The van der Waals surface area contributed by atoms with Gasteiger partial charge >= 0.3 is 0 Å². The number of amides is 1. The van der Waals surface area contributed by atoms with E-state index >= 15 is 0 Å². The summed E-state index contributed by atoms with van der Waals surface area (Å²) in [5, 5.41) is 22.2. The molecule has 6 nitrogen and oxygen atoms in total. The molecule has 0 unspecified atom stereocenters. The Kier molecular flexibility index (Phi) is 3.99. The zero-order chi connectivity index (χ0) is 14.8. The summed E-state index contributed by atoms with van der Waals surface area (Å²) < 4.78 is 13.2. The molecular weight excluding hydrogens is 267 g/mol. The highest BCUT2D eigenvalue weighted by Gasteiger charge is 2.41. The highest BCUT2D eigenvalue weighted by Crippen LogP contribution is 2.47. The standard InChI is InChI=1S/C13H15FN2O4/c14-10-5-9(6-11(7-10)16(19)20)12(18)15-8-13(1-2-13)3-4-17/h5-7,17H,1-4,8H2,(H,15,18). The van der Waals surface area contributed by atoms with E-state index < -0.39 is 22.3 Å². The minimum Gasteiger partial charge on any atom is -0.396 e. The first kappa shape index (κ1) is 14.4. The fourth-order valence-corrected chi connectivity index (χ4v) is 2.11. The minimum atomic E-state index is -0.819. The van der Waals surface area contributed by atoms with Gasteiger partial charge in [-0.15, -0.1) is 0 Å². The summed E-state index contributed by atoms with van der Waals surface area (Å²) >= 11 is 0. The van der Waals surface area contributed by atoms with Crippen LogP contribution in [0.2, 0.25) is 0 Å². The van der Waals surface area contributed by atoms with Crippen LogP contribution < -0.4 is 5.32 Å². The summed E-state index contributed by atoms with van der Waals surface area (Å²) in [5.41, 5.74) is -0.591. The molecule has 2 rings (SSSR count). The first-order chi connectivity index (χ1) is 9.46. The van der Waals surface area contributed by atoms with Crippen LogP contribution >= 0.6 is 0 Å². The van der Waals surface area contributed by atoms with E-state index in [4.69, 9.17) is 5.11 Å². The Hall–Kier alpha value is -2.02. The number of benzene rings is 1. The van der Waals surface area contributed by atoms with Crippen molar-refractivity contribution < 1.29 is 19.2 Å². The molecule has 1 amide bonds. The molecule has 0 bridgehead atoms. The quantitative estimate of drug-likeness (QED) is 0.612. The van der Waals surface area contributed by atoms with Gasteiger partial charge in [-0.25, -0.2) is 4.39 Å². The molecule has 0 heterocycles. The van der Waals surface area contributed by atoms with Crippen LogP contribution in [0.4, 0.5) is 10.1 Å². The summed E-state index contributed by atoms with van der Waals surface area (Å²) in [4.78, 5) is 21.8. The predicted molar refractivity (Wildman–Crippen MR) is 68.8 cm³/mol. The average molecular weight is 282 g/mol. The van der Waals surface area contributed by atoms with Crippen molar-refractivity contribution in [2.45, 2.75) is 19.3 Å². The number of nitro groups is 1. The minimum absolute atomic E-state index is 0.0569. The van der Waals surface area contributed by atoms with Gasteiger partial charge < -0.3 is 10.4 Å². The van der Waals surface area contributed by atoms with Crippen molar-refractivity contribution in [3.8, 4) is 0 Å². The number of nitrogens with one attached hydrogen (secondary N) is 1. The molecule has 1 aromatic rings. The second kappa shape index (κ2) is 5.54. The molecule has 1 aromatic carbocycles. The average Bonchev–Trinajstić information content (AvgIpc) is 3.16. The fraction of sp³-hybridized carbons (Fsp3) is 0.462. The number of hydrogen-bond donors (Lipinski definition) is 2. The Labute approximate surface area is 114 Å². The fourth-order valence-electron chi connectivity index (χ4n) is 2.11. The third kappa shape index (κ3) is 3.30. The molecule has 0 spiro atoms. The number of nitrogens with zero attached hydrogens (tertiary/aromatic N) is 1.